The second kappa shape index (κ2) is 7.51. The first-order chi connectivity index (χ1) is 12.5. The van der Waals surface area contributed by atoms with Crippen LogP contribution in [0.4, 0.5) is 0 Å². The number of carbonyl (C=O) groups excluding carboxylic acids is 3. The topological polar surface area (TPSA) is 102 Å². The number of rotatable bonds is 5. The summed E-state index contributed by atoms with van der Waals surface area (Å²) in [6.07, 6.45) is 4.88. The first kappa shape index (κ1) is 17.8. The van der Waals surface area contributed by atoms with E-state index in [4.69, 9.17) is 10.6 Å². The molecule has 7 heteroatoms. The summed E-state index contributed by atoms with van der Waals surface area (Å²) in [4.78, 5) is 42.5. The lowest BCUT2D eigenvalue weighted by atomic mass is 9.85. The summed E-state index contributed by atoms with van der Waals surface area (Å²) in [6, 6.07) is 7.33. The highest BCUT2D eigenvalue weighted by Crippen LogP contribution is 2.34. The van der Waals surface area contributed by atoms with Crippen molar-refractivity contribution < 1.29 is 19.2 Å². The van der Waals surface area contributed by atoms with E-state index in [0.717, 1.165) is 10.5 Å². The molecule has 1 aliphatic carbocycles. The molecule has 1 saturated heterocycles. The van der Waals surface area contributed by atoms with Gasteiger partial charge in [0.1, 0.15) is 0 Å². The third-order valence-electron chi connectivity index (χ3n) is 4.70. The Balaban J connectivity index is 1.54. The van der Waals surface area contributed by atoms with E-state index in [2.05, 4.69) is 5.16 Å². The molecule has 2 amide bonds. The van der Waals surface area contributed by atoms with Gasteiger partial charge in [-0.25, -0.2) is 4.79 Å². The van der Waals surface area contributed by atoms with Gasteiger partial charge in [-0.15, -0.1) is 0 Å². The lowest BCUT2D eigenvalue weighted by Crippen LogP contribution is -2.33. The Bertz CT molecular complexity index is 774. The van der Waals surface area contributed by atoms with E-state index in [1.54, 1.807) is 6.07 Å². The molecule has 0 spiro atoms. The molecule has 0 bridgehead atoms. The van der Waals surface area contributed by atoms with E-state index in [0.29, 0.717) is 18.4 Å². The van der Waals surface area contributed by atoms with Gasteiger partial charge in [0.15, 0.2) is 5.84 Å². The van der Waals surface area contributed by atoms with Gasteiger partial charge in [-0.2, -0.15) is 0 Å². The van der Waals surface area contributed by atoms with Crippen LogP contribution in [0, 0.1) is 18.8 Å². The third-order valence-corrected chi connectivity index (χ3v) is 4.70. The van der Waals surface area contributed by atoms with Crippen molar-refractivity contribution in [2.45, 2.75) is 26.2 Å². The van der Waals surface area contributed by atoms with Gasteiger partial charge in [-0.1, -0.05) is 41.1 Å². The van der Waals surface area contributed by atoms with Crippen molar-refractivity contribution in [3.63, 3.8) is 0 Å². The monoisotopic (exact) mass is 355 g/mol. The lowest BCUT2D eigenvalue weighted by molar-refractivity contribution is -0.145. The number of hydrogen-bond acceptors (Lipinski definition) is 5. The van der Waals surface area contributed by atoms with Crippen LogP contribution in [0.3, 0.4) is 0 Å². The van der Waals surface area contributed by atoms with E-state index in [9.17, 15) is 14.4 Å². The molecule has 2 aliphatic rings. The Morgan fingerprint density at radius 2 is 1.88 bits per heavy atom. The number of nitrogens with two attached hydrogens (primary N) is 1. The number of likely N-dealkylation sites (tertiary alicyclic amines) is 1. The molecule has 2 N–H and O–H groups in total. The molecule has 26 heavy (non-hydrogen) atoms. The van der Waals surface area contributed by atoms with E-state index in [-0.39, 0.29) is 42.5 Å². The van der Waals surface area contributed by atoms with Crippen molar-refractivity contribution in [2.24, 2.45) is 22.7 Å². The van der Waals surface area contributed by atoms with Crippen LogP contribution in [-0.2, 0) is 19.2 Å². The Labute approximate surface area is 151 Å². The maximum absolute atomic E-state index is 12.3. The Morgan fingerprint density at radius 1 is 1.23 bits per heavy atom. The number of fused-ring (bicyclic) bond motifs is 1. The summed E-state index contributed by atoms with van der Waals surface area (Å²) >= 11 is 0. The van der Waals surface area contributed by atoms with Crippen molar-refractivity contribution in [2.75, 3.05) is 6.54 Å². The highest BCUT2D eigenvalue weighted by molar-refractivity contribution is 6.05. The fraction of sp³-hybridized carbons (Fsp3) is 0.368. The zero-order valence-corrected chi connectivity index (χ0v) is 14.6. The summed E-state index contributed by atoms with van der Waals surface area (Å²) in [7, 11) is 0. The first-order valence-electron chi connectivity index (χ1n) is 8.58. The fourth-order valence-corrected chi connectivity index (χ4v) is 3.30. The van der Waals surface area contributed by atoms with Crippen molar-refractivity contribution in [1.82, 2.24) is 4.90 Å². The molecule has 7 nitrogen and oxygen atoms in total. The molecule has 3 rings (SSSR count). The standard InChI is InChI=1S/C19H21N3O4/c1-12-5-4-6-13(11-12)17(20)21-26-16(23)9-10-22-18(24)14-7-2-3-8-15(14)19(22)25/h2-6,11,14-15H,7-10H2,1H3,(H2,20,21)/t14-,15-/m1/s1. The van der Waals surface area contributed by atoms with E-state index in [1.807, 2.05) is 37.3 Å². The van der Waals surface area contributed by atoms with E-state index < -0.39 is 5.97 Å². The summed E-state index contributed by atoms with van der Waals surface area (Å²) in [5.41, 5.74) is 7.46. The van der Waals surface area contributed by atoms with Crippen LogP contribution in [0.2, 0.25) is 0 Å². The molecule has 1 heterocycles. The predicted octanol–water partition coefficient (Wildman–Crippen LogP) is 1.50. The zero-order chi connectivity index (χ0) is 18.7. The van der Waals surface area contributed by atoms with Crippen LogP contribution < -0.4 is 5.73 Å². The number of aryl methyl sites for hydroxylation is 1. The Morgan fingerprint density at radius 3 is 2.50 bits per heavy atom. The minimum absolute atomic E-state index is 0.00334. The van der Waals surface area contributed by atoms with Crippen molar-refractivity contribution in [3.05, 3.63) is 47.5 Å². The van der Waals surface area contributed by atoms with Gasteiger partial charge >= 0.3 is 5.97 Å². The molecule has 1 aromatic rings. The SMILES string of the molecule is Cc1cccc(/C(N)=N\OC(=O)CCN2C(=O)[C@@H]3CC=CC[C@H]3C2=O)c1. The molecule has 0 unspecified atom stereocenters. The van der Waals surface area contributed by atoms with Crippen LogP contribution in [0.25, 0.3) is 0 Å². The van der Waals surface area contributed by atoms with Crippen LogP contribution in [0.1, 0.15) is 30.4 Å². The summed E-state index contributed by atoms with van der Waals surface area (Å²) in [6.45, 7) is 1.92. The second-order valence-corrected chi connectivity index (χ2v) is 6.54. The molecule has 0 aromatic heterocycles. The van der Waals surface area contributed by atoms with Gasteiger partial charge in [0, 0.05) is 12.1 Å². The average Bonchev–Trinajstić information content (AvgIpc) is 2.89. The normalized spacial score (nSPS) is 22.5. The van der Waals surface area contributed by atoms with Crippen molar-refractivity contribution in [3.8, 4) is 0 Å². The first-order valence-corrected chi connectivity index (χ1v) is 8.58. The van der Waals surface area contributed by atoms with Gasteiger partial charge in [0.25, 0.3) is 0 Å². The molecular weight excluding hydrogens is 334 g/mol. The average molecular weight is 355 g/mol. The summed E-state index contributed by atoms with van der Waals surface area (Å²) in [5, 5.41) is 3.64. The van der Waals surface area contributed by atoms with Crippen molar-refractivity contribution >= 4 is 23.6 Å². The maximum Gasteiger partial charge on any atom is 0.336 e. The molecule has 1 aliphatic heterocycles. The predicted molar refractivity (Wildman–Crippen MR) is 94.7 cm³/mol. The van der Waals surface area contributed by atoms with Gasteiger partial charge in [-0.05, 0) is 25.8 Å². The molecule has 0 saturated carbocycles. The van der Waals surface area contributed by atoms with Crippen molar-refractivity contribution in [1.29, 1.82) is 0 Å². The largest absolute Gasteiger partial charge is 0.380 e. The molecule has 0 radical (unpaired) electrons. The van der Waals surface area contributed by atoms with Crippen LogP contribution in [-0.4, -0.2) is 35.1 Å². The molecule has 136 valence electrons. The van der Waals surface area contributed by atoms with Crippen LogP contribution >= 0.6 is 0 Å². The zero-order valence-electron chi connectivity index (χ0n) is 14.6. The number of nitrogens with zero attached hydrogens (tertiary/aromatic N) is 2. The van der Waals surface area contributed by atoms with Crippen LogP contribution in [0.5, 0.6) is 0 Å². The second-order valence-electron chi connectivity index (χ2n) is 6.54. The molecule has 1 fully saturated rings. The maximum atomic E-state index is 12.3. The van der Waals surface area contributed by atoms with E-state index in [1.165, 1.54) is 0 Å². The minimum Gasteiger partial charge on any atom is -0.380 e. The number of benzene rings is 1. The smallest absolute Gasteiger partial charge is 0.336 e. The van der Waals surface area contributed by atoms with E-state index >= 15 is 0 Å². The third kappa shape index (κ3) is 3.66. The van der Waals surface area contributed by atoms with Gasteiger partial charge < -0.3 is 10.6 Å². The number of imide groups is 1. The van der Waals surface area contributed by atoms with Gasteiger partial charge in [-0.3, -0.25) is 14.5 Å². The summed E-state index contributed by atoms with van der Waals surface area (Å²) < 4.78 is 0. The number of amides is 2. The van der Waals surface area contributed by atoms with Crippen LogP contribution in [0.15, 0.2) is 41.6 Å². The minimum atomic E-state index is -0.644. The fourth-order valence-electron chi connectivity index (χ4n) is 3.30. The number of amidine groups is 1. The number of oxime groups is 1. The highest BCUT2D eigenvalue weighted by atomic mass is 16.7. The van der Waals surface area contributed by atoms with Gasteiger partial charge in [0.2, 0.25) is 11.8 Å². The highest BCUT2D eigenvalue weighted by Gasteiger charge is 2.46. The molecule has 1 aromatic carbocycles. The molecule has 2 atom stereocenters. The number of allylic oxidation sites excluding steroid dienone is 2. The quantitative estimate of drug-likeness (QED) is 0.215. The van der Waals surface area contributed by atoms with Gasteiger partial charge in [0.05, 0.1) is 18.3 Å². The Hall–Kier alpha value is -2.96. The lowest BCUT2D eigenvalue weighted by Gasteiger charge is -2.14. The summed E-state index contributed by atoms with van der Waals surface area (Å²) in [5.74, 6) is -1.56. The molecular formula is C19H21N3O4. The Kier molecular flexibility index (Phi) is 5.16. The number of hydrogen-bond donors (Lipinski definition) is 1. The number of carbonyl (C=O) groups is 3.